The summed E-state index contributed by atoms with van der Waals surface area (Å²) in [5.41, 5.74) is 0.764. The zero-order chi connectivity index (χ0) is 14.7. The van der Waals surface area contributed by atoms with Gasteiger partial charge in [0.15, 0.2) is 6.29 Å². The molecule has 2 aromatic rings. The molecular weight excluding hydrogens is 286 g/mol. The van der Waals surface area contributed by atoms with Crippen LogP contribution in [0.4, 0.5) is 8.78 Å². The van der Waals surface area contributed by atoms with Crippen molar-refractivity contribution in [2.75, 3.05) is 7.11 Å². The van der Waals surface area contributed by atoms with E-state index in [1.165, 1.54) is 19.2 Å². The van der Waals surface area contributed by atoms with Gasteiger partial charge in [0.25, 0.3) is 0 Å². The Bertz CT molecular complexity index is 657. The molecule has 2 aromatic carbocycles. The molecule has 20 heavy (non-hydrogen) atoms. The lowest BCUT2D eigenvalue weighted by Gasteiger charge is -2.11. The maximum atomic E-state index is 13.9. The third kappa shape index (κ3) is 2.80. The molecular formula is C15H11ClF2O2. The maximum Gasteiger partial charge on any atom is 0.153 e. The van der Waals surface area contributed by atoms with Crippen LogP contribution in [0.15, 0.2) is 30.3 Å². The molecule has 0 unspecified atom stereocenters. The highest BCUT2D eigenvalue weighted by Crippen LogP contribution is 2.27. The van der Waals surface area contributed by atoms with Crippen LogP contribution < -0.4 is 4.74 Å². The Labute approximate surface area is 119 Å². The van der Waals surface area contributed by atoms with Crippen molar-refractivity contribution < 1.29 is 18.3 Å². The molecule has 0 saturated heterocycles. The SMILES string of the molecule is COc1cc(F)c(C=O)cc1Cc1cccc(Cl)c1F. The highest BCUT2D eigenvalue weighted by molar-refractivity contribution is 6.30. The van der Waals surface area contributed by atoms with Gasteiger partial charge in [0.1, 0.15) is 17.4 Å². The van der Waals surface area contributed by atoms with Crippen LogP contribution in [0.5, 0.6) is 5.75 Å². The first-order valence-corrected chi connectivity index (χ1v) is 6.19. The number of hydrogen-bond acceptors (Lipinski definition) is 2. The summed E-state index contributed by atoms with van der Waals surface area (Å²) < 4.78 is 32.4. The minimum absolute atomic E-state index is 0.0131. The monoisotopic (exact) mass is 296 g/mol. The predicted molar refractivity (Wildman–Crippen MR) is 72.6 cm³/mol. The van der Waals surface area contributed by atoms with Gasteiger partial charge in [-0.05, 0) is 23.3 Å². The molecule has 5 heteroatoms. The molecule has 0 saturated carbocycles. The molecule has 2 rings (SSSR count). The number of hydrogen-bond donors (Lipinski definition) is 0. The molecule has 0 amide bonds. The summed E-state index contributed by atoms with van der Waals surface area (Å²) in [7, 11) is 1.38. The van der Waals surface area contributed by atoms with E-state index >= 15 is 0 Å². The largest absolute Gasteiger partial charge is 0.496 e. The van der Waals surface area contributed by atoms with Gasteiger partial charge < -0.3 is 4.74 Å². The van der Waals surface area contributed by atoms with Crippen molar-refractivity contribution in [2.24, 2.45) is 0 Å². The number of rotatable bonds is 4. The van der Waals surface area contributed by atoms with Crippen LogP contribution in [0, 0.1) is 11.6 Å². The lowest BCUT2D eigenvalue weighted by molar-refractivity contribution is 0.111. The Balaban J connectivity index is 2.47. The van der Waals surface area contributed by atoms with Crippen LogP contribution in [0.25, 0.3) is 0 Å². The van der Waals surface area contributed by atoms with Gasteiger partial charge in [-0.1, -0.05) is 23.7 Å². The zero-order valence-electron chi connectivity index (χ0n) is 10.6. The fraction of sp³-hybridized carbons (Fsp3) is 0.133. The summed E-state index contributed by atoms with van der Waals surface area (Å²) in [5, 5.41) is 0.0131. The van der Waals surface area contributed by atoms with Crippen LogP contribution in [0.1, 0.15) is 21.5 Å². The normalized spacial score (nSPS) is 10.4. The van der Waals surface area contributed by atoms with Crippen molar-refractivity contribution >= 4 is 17.9 Å². The molecule has 0 aliphatic heterocycles. The van der Waals surface area contributed by atoms with Crippen LogP contribution in [0.3, 0.4) is 0 Å². The first-order valence-electron chi connectivity index (χ1n) is 5.81. The van der Waals surface area contributed by atoms with Gasteiger partial charge >= 0.3 is 0 Å². The van der Waals surface area contributed by atoms with Crippen molar-refractivity contribution in [1.82, 2.24) is 0 Å². The number of carbonyl (C=O) groups is 1. The highest BCUT2D eigenvalue weighted by Gasteiger charge is 2.13. The first kappa shape index (κ1) is 14.5. The van der Waals surface area contributed by atoms with Gasteiger partial charge in [0.05, 0.1) is 17.7 Å². The molecule has 0 radical (unpaired) electrons. The molecule has 104 valence electrons. The van der Waals surface area contributed by atoms with E-state index in [9.17, 15) is 13.6 Å². The average molecular weight is 297 g/mol. The van der Waals surface area contributed by atoms with E-state index in [1.54, 1.807) is 12.1 Å². The fourth-order valence-corrected chi connectivity index (χ4v) is 2.12. The number of aldehydes is 1. The van der Waals surface area contributed by atoms with Crippen LogP contribution in [-0.2, 0) is 6.42 Å². The fourth-order valence-electron chi connectivity index (χ4n) is 1.93. The molecule has 0 aliphatic rings. The second kappa shape index (κ2) is 6.01. The highest BCUT2D eigenvalue weighted by atomic mass is 35.5. The van der Waals surface area contributed by atoms with E-state index in [-0.39, 0.29) is 22.8 Å². The van der Waals surface area contributed by atoms with E-state index in [4.69, 9.17) is 16.3 Å². The number of benzene rings is 2. The van der Waals surface area contributed by atoms with Gasteiger partial charge in [-0.25, -0.2) is 8.78 Å². The van der Waals surface area contributed by atoms with Gasteiger partial charge in [0, 0.05) is 12.5 Å². The third-order valence-electron chi connectivity index (χ3n) is 2.94. The molecule has 0 bridgehead atoms. The van der Waals surface area contributed by atoms with Crippen molar-refractivity contribution in [2.45, 2.75) is 6.42 Å². The molecule has 2 nitrogen and oxygen atoms in total. The minimum Gasteiger partial charge on any atom is -0.496 e. The molecule has 0 aliphatic carbocycles. The van der Waals surface area contributed by atoms with E-state index in [0.29, 0.717) is 17.4 Å². The van der Waals surface area contributed by atoms with Gasteiger partial charge in [-0.2, -0.15) is 0 Å². The van der Waals surface area contributed by atoms with Crippen LogP contribution in [0.2, 0.25) is 5.02 Å². The first-order chi connectivity index (χ1) is 9.56. The smallest absolute Gasteiger partial charge is 0.153 e. The summed E-state index contributed by atoms with van der Waals surface area (Å²) in [6.07, 6.45) is 0.559. The number of methoxy groups -OCH3 is 1. The van der Waals surface area contributed by atoms with E-state index in [2.05, 4.69) is 0 Å². The average Bonchev–Trinajstić information content (AvgIpc) is 2.45. The molecule has 0 N–H and O–H groups in total. The maximum absolute atomic E-state index is 13.9. The number of halogens is 3. The summed E-state index contributed by atoms with van der Waals surface area (Å²) in [6.45, 7) is 0. The molecule has 0 spiro atoms. The lowest BCUT2D eigenvalue weighted by atomic mass is 10.0. The number of ether oxygens (including phenoxy) is 1. The summed E-state index contributed by atoms with van der Waals surface area (Å²) in [5.74, 6) is -0.951. The summed E-state index contributed by atoms with van der Waals surface area (Å²) in [6, 6.07) is 7.10. The Morgan fingerprint density at radius 3 is 2.65 bits per heavy atom. The van der Waals surface area contributed by atoms with Crippen molar-refractivity contribution in [3.63, 3.8) is 0 Å². The quantitative estimate of drug-likeness (QED) is 0.796. The predicted octanol–water partition coefficient (Wildman–Crippen LogP) is 4.03. The van der Waals surface area contributed by atoms with E-state index in [0.717, 1.165) is 6.07 Å². The Hall–Kier alpha value is -1.94. The second-order valence-corrected chi connectivity index (χ2v) is 4.60. The van der Waals surface area contributed by atoms with Crippen molar-refractivity contribution in [3.05, 3.63) is 63.7 Å². The van der Waals surface area contributed by atoms with Gasteiger partial charge in [-0.3, -0.25) is 4.79 Å². The number of carbonyl (C=O) groups excluding carboxylic acids is 1. The zero-order valence-corrected chi connectivity index (χ0v) is 11.4. The molecule has 0 aromatic heterocycles. The standard InChI is InChI=1S/C15H11ClF2O2/c1-20-14-7-13(17)11(8-19)6-10(14)5-9-3-2-4-12(16)15(9)18/h2-4,6-8H,5H2,1H3. The topological polar surface area (TPSA) is 26.3 Å². The summed E-state index contributed by atoms with van der Waals surface area (Å²) in [4.78, 5) is 10.8. The van der Waals surface area contributed by atoms with Gasteiger partial charge in [0.2, 0.25) is 0 Å². The van der Waals surface area contributed by atoms with Crippen LogP contribution in [-0.4, -0.2) is 13.4 Å². The Morgan fingerprint density at radius 1 is 1.25 bits per heavy atom. The molecule has 0 heterocycles. The molecule has 0 atom stereocenters. The molecule has 0 fully saturated rings. The van der Waals surface area contributed by atoms with Gasteiger partial charge in [-0.15, -0.1) is 0 Å². The van der Waals surface area contributed by atoms with Crippen molar-refractivity contribution in [3.8, 4) is 5.75 Å². The van der Waals surface area contributed by atoms with Crippen molar-refractivity contribution in [1.29, 1.82) is 0 Å². The van der Waals surface area contributed by atoms with E-state index in [1.807, 2.05) is 0 Å². The minimum atomic E-state index is -0.674. The van der Waals surface area contributed by atoms with E-state index < -0.39 is 11.6 Å². The second-order valence-electron chi connectivity index (χ2n) is 4.19. The Morgan fingerprint density at radius 2 is 2.00 bits per heavy atom. The van der Waals surface area contributed by atoms with Crippen LogP contribution >= 0.6 is 11.6 Å². The third-order valence-corrected chi connectivity index (χ3v) is 3.23. The summed E-state index contributed by atoms with van der Waals surface area (Å²) >= 11 is 5.72. The lowest BCUT2D eigenvalue weighted by Crippen LogP contribution is -2.00. The Kier molecular flexibility index (Phi) is 4.35.